The molecule has 0 radical (unpaired) electrons. The number of fused-ring (bicyclic) bond motifs is 1. The molecule has 0 atom stereocenters. The second-order valence-electron chi connectivity index (χ2n) is 6.94. The second-order valence-corrected chi connectivity index (χ2v) is 6.94. The van der Waals surface area contributed by atoms with Gasteiger partial charge < -0.3 is 9.73 Å². The van der Waals surface area contributed by atoms with E-state index in [2.05, 4.69) is 5.32 Å². The zero-order valence-electron chi connectivity index (χ0n) is 16.5. The van der Waals surface area contributed by atoms with Gasteiger partial charge in [0, 0.05) is 31.9 Å². The normalized spacial score (nSPS) is 11.0. The number of nitrogens with one attached hydrogen (secondary N) is 1. The lowest BCUT2D eigenvalue weighted by Crippen LogP contribution is -2.36. The Hall–Kier alpha value is -4.14. The van der Waals surface area contributed by atoms with Gasteiger partial charge in [-0.05, 0) is 36.2 Å². The highest BCUT2D eigenvalue weighted by atomic mass is 16.6. The number of non-ortho nitro benzene ring substituents is 1. The summed E-state index contributed by atoms with van der Waals surface area (Å²) in [6.07, 6.45) is 0. The minimum absolute atomic E-state index is 0.0692. The average molecular weight is 406 g/mol. The van der Waals surface area contributed by atoms with Gasteiger partial charge in [0.15, 0.2) is 0 Å². The number of nitro groups is 1. The highest BCUT2D eigenvalue weighted by molar-refractivity contribution is 5.99. The van der Waals surface area contributed by atoms with Crippen molar-refractivity contribution >= 4 is 28.4 Å². The molecule has 2 heterocycles. The van der Waals surface area contributed by atoms with E-state index in [1.54, 1.807) is 12.1 Å². The number of benzene rings is 2. The first-order valence-corrected chi connectivity index (χ1v) is 9.09. The van der Waals surface area contributed by atoms with Crippen LogP contribution in [0.25, 0.3) is 22.2 Å². The first-order chi connectivity index (χ1) is 14.3. The van der Waals surface area contributed by atoms with Crippen molar-refractivity contribution in [3.05, 3.63) is 85.0 Å². The summed E-state index contributed by atoms with van der Waals surface area (Å²) in [6.45, 7) is 1.92. The lowest BCUT2D eigenvalue weighted by atomic mass is 10.0. The van der Waals surface area contributed by atoms with Crippen molar-refractivity contribution in [1.29, 1.82) is 0 Å². The largest absolute Gasteiger partial charge is 0.423 e. The van der Waals surface area contributed by atoms with Gasteiger partial charge in [0.05, 0.1) is 10.5 Å². The van der Waals surface area contributed by atoms with E-state index in [4.69, 9.17) is 4.42 Å². The highest BCUT2D eigenvalue weighted by Gasteiger charge is 2.24. The zero-order chi connectivity index (χ0) is 21.6. The molecule has 1 N–H and O–H groups in total. The van der Waals surface area contributed by atoms with Crippen molar-refractivity contribution in [2.75, 3.05) is 5.32 Å². The van der Waals surface area contributed by atoms with Gasteiger partial charge in [-0.1, -0.05) is 18.2 Å². The molecule has 0 aliphatic heterocycles. The van der Waals surface area contributed by atoms with Gasteiger partial charge in [0.2, 0.25) is 11.6 Å². The fourth-order valence-corrected chi connectivity index (χ4v) is 3.37. The van der Waals surface area contributed by atoms with Crippen LogP contribution in [0.1, 0.15) is 5.56 Å². The molecule has 0 unspecified atom stereocenters. The maximum Gasteiger partial charge on any atom is 0.333 e. The molecule has 0 aliphatic rings. The third-order valence-electron chi connectivity index (χ3n) is 5.05. The van der Waals surface area contributed by atoms with Crippen molar-refractivity contribution in [2.45, 2.75) is 6.92 Å². The summed E-state index contributed by atoms with van der Waals surface area (Å²) >= 11 is 0. The quantitative estimate of drug-likeness (QED) is 0.410. The van der Waals surface area contributed by atoms with Crippen LogP contribution in [0.5, 0.6) is 0 Å². The van der Waals surface area contributed by atoms with Gasteiger partial charge in [0.25, 0.3) is 11.2 Å². The van der Waals surface area contributed by atoms with E-state index >= 15 is 0 Å². The SMILES string of the molecule is Cc1ccccc1Nc1oc2c(c1-c1ccc([N+](=O)[O-])cc1)c(=O)n(C)c(=O)n2C. The molecule has 0 bridgehead atoms. The number of para-hydroxylation sites is 1. The molecule has 0 saturated carbocycles. The average Bonchev–Trinajstić information content (AvgIpc) is 3.11. The molecule has 2 aromatic heterocycles. The first-order valence-electron chi connectivity index (χ1n) is 9.09. The van der Waals surface area contributed by atoms with E-state index in [0.717, 1.165) is 15.8 Å². The maximum atomic E-state index is 13.0. The van der Waals surface area contributed by atoms with Crippen LogP contribution in [-0.2, 0) is 14.1 Å². The molecule has 0 fully saturated rings. The smallest absolute Gasteiger partial charge is 0.333 e. The standard InChI is InChI=1S/C21H18N4O5/c1-12-6-4-5-7-15(12)22-18-16(13-8-10-14(11-9-13)25(28)29)17-19(26)23(2)21(27)24(3)20(17)30-18/h4-11,22H,1-3H3. The van der Waals surface area contributed by atoms with Crippen LogP contribution in [0.4, 0.5) is 17.3 Å². The molecular weight excluding hydrogens is 388 g/mol. The lowest BCUT2D eigenvalue weighted by molar-refractivity contribution is -0.384. The number of nitro benzene ring substituents is 1. The predicted octanol–water partition coefficient (Wildman–Crippen LogP) is 3.46. The zero-order valence-corrected chi connectivity index (χ0v) is 16.5. The van der Waals surface area contributed by atoms with Gasteiger partial charge in [-0.25, -0.2) is 4.79 Å². The van der Waals surface area contributed by atoms with Gasteiger partial charge in [0.1, 0.15) is 5.39 Å². The first kappa shape index (κ1) is 19.2. The van der Waals surface area contributed by atoms with E-state index in [1.807, 2.05) is 31.2 Å². The molecule has 0 aliphatic carbocycles. The Bertz CT molecular complexity index is 1410. The van der Waals surface area contributed by atoms with Gasteiger partial charge in [-0.15, -0.1) is 0 Å². The monoisotopic (exact) mass is 406 g/mol. The molecule has 152 valence electrons. The van der Waals surface area contributed by atoms with Crippen LogP contribution >= 0.6 is 0 Å². The molecule has 0 spiro atoms. The number of aromatic nitrogens is 2. The van der Waals surface area contributed by atoms with Crippen molar-refractivity contribution in [2.24, 2.45) is 14.1 Å². The van der Waals surface area contributed by atoms with Crippen molar-refractivity contribution in [1.82, 2.24) is 9.13 Å². The number of nitrogens with zero attached hydrogens (tertiary/aromatic N) is 3. The number of hydrogen-bond donors (Lipinski definition) is 1. The number of rotatable bonds is 4. The molecule has 9 heteroatoms. The summed E-state index contributed by atoms with van der Waals surface area (Å²) in [7, 11) is 2.91. The Morgan fingerprint density at radius 2 is 1.67 bits per heavy atom. The third-order valence-corrected chi connectivity index (χ3v) is 5.05. The summed E-state index contributed by atoms with van der Waals surface area (Å²) in [4.78, 5) is 35.8. The Morgan fingerprint density at radius 3 is 2.30 bits per heavy atom. The molecule has 0 amide bonds. The van der Waals surface area contributed by atoms with Crippen LogP contribution < -0.4 is 16.6 Å². The fourth-order valence-electron chi connectivity index (χ4n) is 3.37. The van der Waals surface area contributed by atoms with E-state index in [0.29, 0.717) is 11.1 Å². The van der Waals surface area contributed by atoms with E-state index in [1.165, 1.54) is 30.8 Å². The molecule has 9 nitrogen and oxygen atoms in total. The summed E-state index contributed by atoms with van der Waals surface area (Å²) < 4.78 is 8.21. The van der Waals surface area contributed by atoms with Crippen molar-refractivity contribution in [3.63, 3.8) is 0 Å². The Labute approximate surface area is 170 Å². The van der Waals surface area contributed by atoms with Crippen LogP contribution in [0, 0.1) is 17.0 Å². The minimum Gasteiger partial charge on any atom is -0.423 e. The number of furan rings is 1. The lowest BCUT2D eigenvalue weighted by Gasteiger charge is -2.09. The van der Waals surface area contributed by atoms with Gasteiger partial charge in [-0.3, -0.25) is 24.0 Å². The topological polar surface area (TPSA) is 112 Å². The second kappa shape index (κ2) is 7.03. The van der Waals surface area contributed by atoms with Gasteiger partial charge in [-0.2, -0.15) is 0 Å². The number of hydrogen-bond acceptors (Lipinski definition) is 6. The van der Waals surface area contributed by atoms with Crippen LogP contribution in [0.15, 0.2) is 62.5 Å². The number of aryl methyl sites for hydroxylation is 2. The summed E-state index contributed by atoms with van der Waals surface area (Å²) in [5.74, 6) is 0.270. The minimum atomic E-state index is -0.515. The molecule has 0 saturated heterocycles. The number of anilines is 2. The van der Waals surface area contributed by atoms with Crippen molar-refractivity contribution in [3.8, 4) is 11.1 Å². The van der Waals surface area contributed by atoms with Gasteiger partial charge >= 0.3 is 5.69 Å². The summed E-state index contributed by atoms with van der Waals surface area (Å²) in [5.41, 5.74) is 1.72. The van der Waals surface area contributed by atoms with E-state index in [-0.39, 0.29) is 22.7 Å². The Morgan fingerprint density at radius 1 is 1.00 bits per heavy atom. The van der Waals surface area contributed by atoms with Crippen LogP contribution in [-0.4, -0.2) is 14.1 Å². The summed E-state index contributed by atoms with van der Waals surface area (Å²) in [5, 5.41) is 14.4. The van der Waals surface area contributed by atoms with E-state index < -0.39 is 16.2 Å². The molecule has 30 heavy (non-hydrogen) atoms. The Kier molecular flexibility index (Phi) is 4.50. The maximum absolute atomic E-state index is 13.0. The fraction of sp³-hybridized carbons (Fsp3) is 0.143. The molecular formula is C21H18N4O5. The third kappa shape index (κ3) is 2.96. The summed E-state index contributed by atoms with van der Waals surface area (Å²) in [6, 6.07) is 13.4. The van der Waals surface area contributed by atoms with Crippen molar-refractivity contribution < 1.29 is 9.34 Å². The van der Waals surface area contributed by atoms with E-state index in [9.17, 15) is 19.7 Å². The van der Waals surface area contributed by atoms with Crippen LogP contribution in [0.3, 0.4) is 0 Å². The molecule has 2 aromatic carbocycles. The molecule has 4 rings (SSSR count). The molecule has 4 aromatic rings. The predicted molar refractivity (Wildman–Crippen MR) is 113 cm³/mol. The Balaban J connectivity index is 2.04. The highest BCUT2D eigenvalue weighted by Crippen LogP contribution is 2.38. The van der Waals surface area contributed by atoms with Crippen LogP contribution in [0.2, 0.25) is 0 Å².